The number of methoxy groups -OCH3 is 2. The largest absolute Gasteiger partial charge is 0.493 e. The number of hydrogen-bond donors (Lipinski definition) is 0. The third-order valence-electron chi connectivity index (χ3n) is 9.68. The Morgan fingerprint density at radius 2 is 0.965 bits per heavy atom. The van der Waals surface area contributed by atoms with E-state index in [1.54, 1.807) is 20.3 Å². The summed E-state index contributed by atoms with van der Waals surface area (Å²) >= 11 is 0. The molecule has 9 rings (SSSR count). The fourth-order valence-corrected chi connectivity index (χ4v) is 7.02. The van der Waals surface area contributed by atoms with E-state index in [1.807, 2.05) is 92.7 Å². The molecule has 270 valence electrons. The van der Waals surface area contributed by atoms with Gasteiger partial charge < -0.3 is 9.47 Å². The lowest BCUT2D eigenvalue weighted by Gasteiger charge is -2.11. The molecular weight excluding hydrogens is 717 g/mol. The number of ether oxygens (including phenoxy) is 2. The minimum atomic E-state index is 0.0406. The maximum atomic E-state index is 9.06. The molecule has 3 aromatic heterocycles. The average Bonchev–Trinajstić information content (AvgIpc) is 3.92. The van der Waals surface area contributed by atoms with Crippen molar-refractivity contribution in [1.29, 1.82) is 31.6 Å². The van der Waals surface area contributed by atoms with Gasteiger partial charge in [0.25, 0.3) is 0 Å². The minimum Gasteiger partial charge on any atom is -0.493 e. The quantitative estimate of drug-likeness (QED) is 0.197. The number of rotatable bonds is 2. The number of nitrogens with zero attached hydrogens (tertiary/aromatic N) is 12. The molecule has 3 aliphatic rings. The maximum Gasteiger partial charge on any atom is 0.177 e. The van der Waals surface area contributed by atoms with Crippen molar-refractivity contribution in [3.05, 3.63) is 128 Å². The number of fused-ring (bicyclic) bond motifs is 9. The van der Waals surface area contributed by atoms with Crippen LogP contribution in [0.2, 0.25) is 0 Å². The number of benzene rings is 3. The van der Waals surface area contributed by atoms with Gasteiger partial charge in [0.15, 0.2) is 45.7 Å². The van der Waals surface area contributed by atoms with Crippen molar-refractivity contribution in [3.63, 3.8) is 0 Å². The van der Waals surface area contributed by atoms with Crippen LogP contribution in [0.15, 0.2) is 48.5 Å². The summed E-state index contributed by atoms with van der Waals surface area (Å²) < 4.78 is 10.7. The molecule has 14 nitrogen and oxygen atoms in total. The lowest BCUT2D eigenvalue weighted by molar-refractivity contribution is 0.352. The van der Waals surface area contributed by atoms with Gasteiger partial charge in [-0.25, -0.2) is 29.9 Å². The number of aromatic nitrogens is 6. The van der Waals surface area contributed by atoms with Gasteiger partial charge in [0.05, 0.1) is 48.4 Å². The highest BCUT2D eigenvalue weighted by atomic mass is 16.5. The van der Waals surface area contributed by atoms with Gasteiger partial charge in [-0.1, -0.05) is 35.9 Å². The highest BCUT2D eigenvalue weighted by molar-refractivity contribution is 5.78. The Morgan fingerprint density at radius 3 is 1.47 bits per heavy atom. The first-order valence-corrected chi connectivity index (χ1v) is 17.3. The minimum absolute atomic E-state index is 0.0406. The van der Waals surface area contributed by atoms with Crippen LogP contribution in [0, 0.1) is 81.8 Å². The zero-order chi connectivity index (χ0) is 40.4. The van der Waals surface area contributed by atoms with Crippen LogP contribution in [0.3, 0.4) is 0 Å². The standard InChI is InChI=1S/C15H10N4O2.2C14H8N4/c1-20-13-4-3-8-9(15(13)21-2)5-10-14(8)19-12(7-17)11(6-16)18-10;1-8-2-3-9-5-11-14(10(9)4-8)18-13(7-16)12(6-15)17-11;1-8-3-2-4-9-10(8)5-11-14(9)18-13(7-16)12(6-15)17-11/h3-4H,5H2,1-2H3;2*2-4H,5H2,1H3. The van der Waals surface area contributed by atoms with Crippen LogP contribution in [-0.2, 0) is 19.3 Å². The molecule has 0 bridgehead atoms. The summed E-state index contributed by atoms with van der Waals surface area (Å²) in [7, 11) is 3.15. The van der Waals surface area contributed by atoms with Crippen LogP contribution in [0.5, 0.6) is 11.5 Å². The Bertz CT molecular complexity index is 2940. The van der Waals surface area contributed by atoms with Crippen LogP contribution >= 0.6 is 0 Å². The molecule has 0 fully saturated rings. The van der Waals surface area contributed by atoms with E-state index in [0.717, 1.165) is 56.2 Å². The van der Waals surface area contributed by atoms with Crippen molar-refractivity contribution in [3.8, 4) is 81.7 Å². The highest BCUT2D eigenvalue weighted by Gasteiger charge is 2.29. The third-order valence-corrected chi connectivity index (χ3v) is 9.68. The Hall–Kier alpha value is -8.56. The summed E-state index contributed by atoms with van der Waals surface area (Å²) in [6.07, 6.45) is 1.86. The van der Waals surface area contributed by atoms with E-state index in [0.29, 0.717) is 42.1 Å². The van der Waals surface area contributed by atoms with Gasteiger partial charge in [-0.3, -0.25) is 0 Å². The first-order chi connectivity index (χ1) is 27.7. The van der Waals surface area contributed by atoms with E-state index >= 15 is 0 Å². The van der Waals surface area contributed by atoms with Crippen molar-refractivity contribution in [1.82, 2.24) is 29.9 Å². The van der Waals surface area contributed by atoms with Gasteiger partial charge in [0, 0.05) is 41.5 Å². The molecule has 0 aliphatic heterocycles. The molecule has 0 amide bonds. The SMILES string of the molecule is COc1ccc2c(c1OC)Cc1nc(C#N)c(C#N)nc1-2.Cc1ccc2c(c1)-c1nc(C#N)c(C#N)nc1C2.Cc1cccc2c1Cc1nc(C#N)c(C#N)nc1-2. The van der Waals surface area contributed by atoms with Crippen LogP contribution < -0.4 is 9.47 Å². The molecule has 0 N–H and O–H groups in total. The topological polar surface area (TPSA) is 239 Å². The molecular formula is C43H26N12O2. The second-order valence-corrected chi connectivity index (χ2v) is 12.9. The fourth-order valence-electron chi connectivity index (χ4n) is 7.02. The summed E-state index contributed by atoms with van der Waals surface area (Å²) in [5.41, 5.74) is 13.4. The van der Waals surface area contributed by atoms with Gasteiger partial charge >= 0.3 is 0 Å². The molecule has 6 aromatic rings. The predicted octanol–water partition coefficient (Wildman–Crippen LogP) is 6.01. The lowest BCUT2D eigenvalue weighted by atomic mass is 10.0. The van der Waals surface area contributed by atoms with Crippen LogP contribution in [0.25, 0.3) is 33.8 Å². The van der Waals surface area contributed by atoms with Crippen LogP contribution in [-0.4, -0.2) is 44.1 Å². The summed E-state index contributed by atoms with van der Waals surface area (Å²) in [5.74, 6) is 1.26. The smallest absolute Gasteiger partial charge is 0.177 e. The molecule has 3 heterocycles. The predicted molar refractivity (Wildman–Crippen MR) is 202 cm³/mol. The van der Waals surface area contributed by atoms with Crippen molar-refractivity contribution < 1.29 is 9.47 Å². The van der Waals surface area contributed by atoms with Gasteiger partial charge in [0.1, 0.15) is 36.4 Å². The Balaban J connectivity index is 0.000000131. The maximum absolute atomic E-state index is 9.06. The monoisotopic (exact) mass is 742 g/mol. The van der Waals surface area contributed by atoms with E-state index in [9.17, 15) is 0 Å². The van der Waals surface area contributed by atoms with Gasteiger partial charge in [0.2, 0.25) is 0 Å². The van der Waals surface area contributed by atoms with E-state index in [4.69, 9.17) is 41.0 Å². The van der Waals surface area contributed by atoms with E-state index < -0.39 is 0 Å². The molecule has 0 atom stereocenters. The lowest BCUT2D eigenvalue weighted by Crippen LogP contribution is -1.99. The molecule has 0 saturated carbocycles. The fraction of sp³-hybridized carbons (Fsp3) is 0.163. The number of aryl methyl sites for hydroxylation is 2. The summed E-state index contributed by atoms with van der Waals surface area (Å²) in [5, 5.41) is 53.9. The normalized spacial score (nSPS) is 11.2. The first-order valence-electron chi connectivity index (χ1n) is 17.3. The Morgan fingerprint density at radius 1 is 0.491 bits per heavy atom. The molecule has 57 heavy (non-hydrogen) atoms. The number of nitriles is 6. The zero-order valence-electron chi connectivity index (χ0n) is 30.9. The number of hydrogen-bond acceptors (Lipinski definition) is 14. The molecule has 3 aliphatic carbocycles. The highest BCUT2D eigenvalue weighted by Crippen LogP contribution is 2.44. The van der Waals surface area contributed by atoms with Crippen molar-refractivity contribution >= 4 is 0 Å². The van der Waals surface area contributed by atoms with Crippen molar-refractivity contribution in [2.45, 2.75) is 33.1 Å². The summed E-state index contributed by atoms with van der Waals surface area (Å²) in [6.45, 7) is 4.06. The Kier molecular flexibility index (Phi) is 9.71. The Labute approximate surface area is 326 Å². The molecule has 0 spiro atoms. The molecule has 3 aromatic carbocycles. The average molecular weight is 743 g/mol. The molecule has 0 radical (unpaired) electrons. The van der Waals surface area contributed by atoms with E-state index in [2.05, 4.69) is 29.9 Å². The molecule has 0 unspecified atom stereocenters. The summed E-state index contributed by atoms with van der Waals surface area (Å²) in [4.78, 5) is 25.6. The second kappa shape index (κ2) is 15.1. The zero-order valence-corrected chi connectivity index (χ0v) is 30.9. The van der Waals surface area contributed by atoms with Gasteiger partial charge in [-0.2, -0.15) is 31.6 Å². The van der Waals surface area contributed by atoms with E-state index in [-0.39, 0.29) is 34.2 Å². The third kappa shape index (κ3) is 6.43. The first kappa shape index (κ1) is 36.8. The van der Waals surface area contributed by atoms with Crippen LogP contribution in [0.4, 0.5) is 0 Å². The van der Waals surface area contributed by atoms with Gasteiger partial charge in [-0.05, 0) is 48.7 Å². The van der Waals surface area contributed by atoms with Crippen molar-refractivity contribution in [2.75, 3.05) is 14.2 Å². The van der Waals surface area contributed by atoms with E-state index in [1.165, 1.54) is 11.1 Å². The van der Waals surface area contributed by atoms with Gasteiger partial charge in [-0.15, -0.1) is 0 Å². The second-order valence-electron chi connectivity index (χ2n) is 12.9. The molecule has 0 saturated heterocycles. The van der Waals surface area contributed by atoms with Crippen LogP contribution in [0.1, 0.15) is 79.1 Å². The molecule has 14 heteroatoms. The van der Waals surface area contributed by atoms with Crippen molar-refractivity contribution in [2.24, 2.45) is 0 Å². The summed E-state index contributed by atoms with van der Waals surface area (Å²) in [6, 6.07) is 27.3.